The van der Waals surface area contributed by atoms with Crippen LogP contribution in [-0.2, 0) is 14.9 Å². The van der Waals surface area contributed by atoms with E-state index in [0.29, 0.717) is 6.61 Å². The lowest BCUT2D eigenvalue weighted by atomic mass is 9.81. The second kappa shape index (κ2) is 6.14. The second-order valence-electron chi connectivity index (χ2n) is 5.70. The summed E-state index contributed by atoms with van der Waals surface area (Å²) in [5, 5.41) is 0.948. The van der Waals surface area contributed by atoms with E-state index in [-0.39, 0.29) is 5.97 Å². The number of hydrogen-bond donors (Lipinski definition) is 0. The number of carbonyl (C=O) groups excluding carboxylic acids is 1. The van der Waals surface area contributed by atoms with Crippen molar-refractivity contribution in [2.24, 2.45) is 0 Å². The summed E-state index contributed by atoms with van der Waals surface area (Å²) in [5.74, 6) is -0.0778. The van der Waals surface area contributed by atoms with Gasteiger partial charge in [-0.3, -0.25) is 4.79 Å². The number of thiazole rings is 1. The van der Waals surface area contributed by atoms with Gasteiger partial charge < -0.3 is 4.74 Å². The van der Waals surface area contributed by atoms with Crippen molar-refractivity contribution in [2.45, 2.75) is 50.9 Å². The van der Waals surface area contributed by atoms with Crippen molar-refractivity contribution in [2.75, 3.05) is 6.61 Å². The molecular weight excluding hydrogens is 282 g/mol. The fourth-order valence-electron chi connectivity index (χ4n) is 3.18. The molecule has 0 aliphatic heterocycles. The van der Waals surface area contributed by atoms with Gasteiger partial charge in [0.1, 0.15) is 10.4 Å². The largest absolute Gasteiger partial charge is 0.465 e. The smallest absolute Gasteiger partial charge is 0.319 e. The molecule has 0 bridgehead atoms. The topological polar surface area (TPSA) is 39.2 Å². The van der Waals surface area contributed by atoms with E-state index in [4.69, 9.17) is 9.72 Å². The van der Waals surface area contributed by atoms with Gasteiger partial charge in [0.15, 0.2) is 0 Å². The first-order valence-electron chi connectivity index (χ1n) is 7.79. The molecule has 3 nitrogen and oxygen atoms in total. The summed E-state index contributed by atoms with van der Waals surface area (Å²) >= 11 is 1.65. The Labute approximate surface area is 129 Å². The van der Waals surface area contributed by atoms with Crippen molar-refractivity contribution in [3.8, 4) is 0 Å². The highest BCUT2D eigenvalue weighted by Gasteiger charge is 2.44. The summed E-state index contributed by atoms with van der Waals surface area (Å²) in [7, 11) is 0. The average molecular weight is 303 g/mol. The Balaban J connectivity index is 2.06. The maximum Gasteiger partial charge on any atom is 0.319 e. The number of fused-ring (bicyclic) bond motifs is 1. The predicted octanol–water partition coefficient (Wildman–Crippen LogP) is 4.45. The highest BCUT2D eigenvalue weighted by Crippen LogP contribution is 2.42. The zero-order valence-corrected chi connectivity index (χ0v) is 13.2. The molecule has 1 aromatic heterocycles. The molecule has 0 unspecified atom stereocenters. The van der Waals surface area contributed by atoms with E-state index >= 15 is 0 Å². The molecule has 1 aliphatic rings. The number of aromatic nitrogens is 1. The summed E-state index contributed by atoms with van der Waals surface area (Å²) < 4.78 is 6.57. The normalized spacial score (nSPS) is 18.3. The van der Waals surface area contributed by atoms with Gasteiger partial charge in [0.05, 0.1) is 16.8 Å². The molecule has 0 N–H and O–H groups in total. The Morgan fingerprint density at radius 3 is 2.62 bits per heavy atom. The lowest BCUT2D eigenvalue weighted by Gasteiger charge is -2.27. The Hall–Kier alpha value is -1.42. The molecule has 21 heavy (non-hydrogen) atoms. The number of rotatable bonds is 3. The summed E-state index contributed by atoms with van der Waals surface area (Å²) in [6.07, 6.45) is 6.29. The molecule has 0 spiro atoms. The van der Waals surface area contributed by atoms with Crippen LogP contribution in [0.2, 0.25) is 0 Å². The van der Waals surface area contributed by atoms with Crippen LogP contribution in [0.4, 0.5) is 0 Å². The van der Waals surface area contributed by atoms with Crippen molar-refractivity contribution in [3.63, 3.8) is 0 Å². The van der Waals surface area contributed by atoms with Crippen LogP contribution in [0, 0.1) is 0 Å². The van der Waals surface area contributed by atoms with E-state index < -0.39 is 5.41 Å². The third-order valence-electron chi connectivity index (χ3n) is 4.33. The average Bonchev–Trinajstić information content (AvgIpc) is 2.77. The summed E-state index contributed by atoms with van der Waals surface area (Å²) in [4.78, 5) is 17.5. The van der Waals surface area contributed by atoms with Gasteiger partial charge in [0.2, 0.25) is 0 Å². The molecule has 1 aromatic carbocycles. The van der Waals surface area contributed by atoms with Crippen LogP contribution in [0.3, 0.4) is 0 Å². The van der Waals surface area contributed by atoms with Gasteiger partial charge in [-0.25, -0.2) is 4.98 Å². The molecule has 1 aliphatic carbocycles. The van der Waals surface area contributed by atoms with E-state index in [1.165, 1.54) is 12.8 Å². The Kier molecular flexibility index (Phi) is 4.24. The third kappa shape index (κ3) is 2.69. The van der Waals surface area contributed by atoms with E-state index in [9.17, 15) is 4.79 Å². The molecule has 1 saturated carbocycles. The molecule has 0 atom stereocenters. The molecule has 4 heteroatoms. The number of esters is 1. The number of benzene rings is 1. The van der Waals surface area contributed by atoms with E-state index in [1.807, 2.05) is 25.1 Å². The zero-order valence-electron chi connectivity index (χ0n) is 12.4. The SMILES string of the molecule is CCOC(=O)C1(c2nc3ccccc3s2)CCCCCC1. The number of para-hydroxylation sites is 1. The summed E-state index contributed by atoms with van der Waals surface area (Å²) in [6.45, 7) is 2.31. The van der Waals surface area contributed by atoms with Crippen LogP contribution in [0.25, 0.3) is 10.2 Å². The van der Waals surface area contributed by atoms with Gasteiger partial charge in [0.25, 0.3) is 0 Å². The molecular formula is C17H21NO2S. The Bertz CT molecular complexity index is 594. The maximum atomic E-state index is 12.7. The number of hydrogen-bond acceptors (Lipinski definition) is 4. The van der Waals surface area contributed by atoms with E-state index in [0.717, 1.165) is 40.9 Å². The van der Waals surface area contributed by atoms with Crippen molar-refractivity contribution < 1.29 is 9.53 Å². The van der Waals surface area contributed by atoms with Gasteiger partial charge in [-0.1, -0.05) is 37.8 Å². The monoisotopic (exact) mass is 303 g/mol. The van der Waals surface area contributed by atoms with Gasteiger partial charge >= 0.3 is 5.97 Å². The fourth-order valence-corrected chi connectivity index (χ4v) is 4.38. The number of ether oxygens (including phenoxy) is 1. The molecule has 1 heterocycles. The van der Waals surface area contributed by atoms with Crippen molar-refractivity contribution in [3.05, 3.63) is 29.3 Å². The quantitative estimate of drug-likeness (QED) is 0.621. The molecule has 0 amide bonds. The highest BCUT2D eigenvalue weighted by molar-refractivity contribution is 7.18. The van der Waals surface area contributed by atoms with Crippen LogP contribution < -0.4 is 0 Å². The summed E-state index contributed by atoms with van der Waals surface area (Å²) in [5.41, 5.74) is 0.473. The first kappa shape index (κ1) is 14.5. The van der Waals surface area contributed by atoms with Crippen molar-refractivity contribution in [1.82, 2.24) is 4.98 Å². The van der Waals surface area contributed by atoms with Crippen LogP contribution in [-0.4, -0.2) is 17.6 Å². The van der Waals surface area contributed by atoms with Gasteiger partial charge in [-0.15, -0.1) is 11.3 Å². The fraction of sp³-hybridized carbons (Fsp3) is 0.529. The maximum absolute atomic E-state index is 12.7. The second-order valence-corrected chi connectivity index (χ2v) is 6.73. The van der Waals surface area contributed by atoms with E-state index in [2.05, 4.69) is 6.07 Å². The lowest BCUT2D eigenvalue weighted by Crippen LogP contribution is -2.37. The third-order valence-corrected chi connectivity index (χ3v) is 5.57. The minimum Gasteiger partial charge on any atom is -0.465 e. The molecule has 0 radical (unpaired) electrons. The van der Waals surface area contributed by atoms with Gasteiger partial charge in [-0.2, -0.15) is 0 Å². The number of nitrogens with zero attached hydrogens (tertiary/aromatic N) is 1. The van der Waals surface area contributed by atoms with Crippen LogP contribution in [0.1, 0.15) is 50.5 Å². The van der Waals surface area contributed by atoms with Crippen molar-refractivity contribution >= 4 is 27.5 Å². The standard InChI is InChI=1S/C17H21NO2S/c1-2-20-16(19)17(11-7-3-4-8-12-17)15-18-13-9-5-6-10-14(13)21-15/h5-6,9-10H,2-4,7-8,11-12H2,1H3. The molecule has 2 aromatic rings. The van der Waals surface area contributed by atoms with E-state index in [1.54, 1.807) is 11.3 Å². The summed E-state index contributed by atoms with van der Waals surface area (Å²) in [6, 6.07) is 8.11. The van der Waals surface area contributed by atoms with Crippen LogP contribution >= 0.6 is 11.3 Å². The van der Waals surface area contributed by atoms with Crippen LogP contribution in [0.15, 0.2) is 24.3 Å². The molecule has 0 saturated heterocycles. The van der Waals surface area contributed by atoms with Gasteiger partial charge in [0, 0.05) is 0 Å². The lowest BCUT2D eigenvalue weighted by molar-refractivity contribution is -0.150. The number of carbonyl (C=O) groups is 1. The van der Waals surface area contributed by atoms with Crippen LogP contribution in [0.5, 0.6) is 0 Å². The highest BCUT2D eigenvalue weighted by atomic mass is 32.1. The van der Waals surface area contributed by atoms with Gasteiger partial charge in [-0.05, 0) is 31.9 Å². The Morgan fingerprint density at radius 2 is 1.95 bits per heavy atom. The van der Waals surface area contributed by atoms with Crippen molar-refractivity contribution in [1.29, 1.82) is 0 Å². The molecule has 1 fully saturated rings. The minimum atomic E-state index is -0.518. The predicted molar refractivity (Wildman–Crippen MR) is 85.6 cm³/mol. The zero-order chi connectivity index (χ0) is 14.7. The molecule has 112 valence electrons. The minimum absolute atomic E-state index is 0.0778. The first-order chi connectivity index (χ1) is 10.3. The first-order valence-corrected chi connectivity index (χ1v) is 8.61. The molecule has 3 rings (SSSR count). The Morgan fingerprint density at radius 1 is 1.24 bits per heavy atom.